The molecule has 0 atom stereocenters. The van der Waals surface area contributed by atoms with Crippen LogP contribution < -0.4 is 5.32 Å². The molecule has 94 valence electrons. The molecule has 0 fully saturated rings. The van der Waals surface area contributed by atoms with Crippen molar-refractivity contribution in [1.82, 2.24) is 0 Å². The Kier molecular flexibility index (Phi) is 3.41. The first kappa shape index (κ1) is 12.3. The molecule has 1 aromatic heterocycles. The summed E-state index contributed by atoms with van der Waals surface area (Å²) >= 11 is 0. The van der Waals surface area contributed by atoms with Crippen LogP contribution in [0.2, 0.25) is 0 Å². The van der Waals surface area contributed by atoms with Gasteiger partial charge in [0.1, 0.15) is 5.76 Å². The molecule has 0 aliphatic rings. The van der Waals surface area contributed by atoms with E-state index < -0.39 is 17.5 Å². The molecule has 1 amide bonds. The maximum Gasteiger partial charge on any atom is 0.291 e. The summed E-state index contributed by atoms with van der Waals surface area (Å²) < 4.78 is 30.9. The highest BCUT2D eigenvalue weighted by atomic mass is 19.2. The lowest BCUT2D eigenvalue weighted by Gasteiger charge is -2.03. The van der Waals surface area contributed by atoms with E-state index in [4.69, 9.17) is 4.42 Å². The minimum absolute atomic E-state index is 0.136. The van der Waals surface area contributed by atoms with Crippen molar-refractivity contribution < 1.29 is 18.0 Å². The molecular formula is C13H11F2NO2. The molecule has 0 saturated heterocycles. The average Bonchev–Trinajstić information content (AvgIpc) is 2.82. The smallest absolute Gasteiger partial charge is 0.291 e. The monoisotopic (exact) mass is 251 g/mol. The summed E-state index contributed by atoms with van der Waals surface area (Å²) in [6.45, 7) is 1.90. The molecule has 0 spiro atoms. The van der Waals surface area contributed by atoms with Gasteiger partial charge in [-0.3, -0.25) is 4.79 Å². The van der Waals surface area contributed by atoms with E-state index in [9.17, 15) is 13.6 Å². The van der Waals surface area contributed by atoms with Crippen molar-refractivity contribution in [2.24, 2.45) is 0 Å². The Morgan fingerprint density at radius 1 is 1.22 bits per heavy atom. The molecule has 0 saturated carbocycles. The van der Waals surface area contributed by atoms with Gasteiger partial charge in [-0.15, -0.1) is 0 Å². The summed E-state index contributed by atoms with van der Waals surface area (Å²) in [6.07, 6.45) is 0.679. The highest BCUT2D eigenvalue weighted by Gasteiger charge is 2.12. The van der Waals surface area contributed by atoms with E-state index in [1.807, 2.05) is 6.92 Å². The third kappa shape index (κ3) is 2.56. The zero-order chi connectivity index (χ0) is 13.1. The molecular weight excluding hydrogens is 240 g/mol. The van der Waals surface area contributed by atoms with Crippen LogP contribution in [0.5, 0.6) is 0 Å². The topological polar surface area (TPSA) is 42.2 Å². The van der Waals surface area contributed by atoms with E-state index in [-0.39, 0.29) is 11.4 Å². The predicted molar refractivity (Wildman–Crippen MR) is 62.4 cm³/mol. The maximum atomic E-state index is 12.9. The first-order chi connectivity index (χ1) is 8.60. The van der Waals surface area contributed by atoms with Crippen molar-refractivity contribution in [2.75, 3.05) is 5.32 Å². The van der Waals surface area contributed by atoms with Crippen molar-refractivity contribution in [3.8, 4) is 0 Å². The van der Waals surface area contributed by atoms with Crippen molar-refractivity contribution in [2.45, 2.75) is 13.3 Å². The number of carbonyl (C=O) groups excluding carboxylic acids is 1. The van der Waals surface area contributed by atoms with E-state index in [0.717, 1.165) is 12.1 Å². The van der Waals surface area contributed by atoms with Gasteiger partial charge in [-0.2, -0.15) is 0 Å². The van der Waals surface area contributed by atoms with Crippen molar-refractivity contribution >= 4 is 11.6 Å². The molecule has 0 radical (unpaired) electrons. The minimum atomic E-state index is -1.01. The number of rotatable bonds is 3. The van der Waals surface area contributed by atoms with Gasteiger partial charge in [0.25, 0.3) is 5.91 Å². The first-order valence-corrected chi connectivity index (χ1v) is 5.45. The molecule has 3 nitrogen and oxygen atoms in total. The standard InChI is InChI=1S/C13H11F2NO2/c1-2-9-4-6-12(18-9)13(17)16-8-3-5-10(14)11(15)7-8/h3-7H,2H2,1H3,(H,16,17). The van der Waals surface area contributed by atoms with Gasteiger partial charge in [-0.1, -0.05) is 6.92 Å². The maximum absolute atomic E-state index is 12.9. The number of halogens is 2. The van der Waals surface area contributed by atoms with Gasteiger partial charge in [0.05, 0.1) is 0 Å². The third-order valence-corrected chi connectivity index (χ3v) is 2.41. The normalized spacial score (nSPS) is 10.4. The Morgan fingerprint density at radius 2 is 2.00 bits per heavy atom. The molecule has 5 heteroatoms. The summed E-state index contributed by atoms with van der Waals surface area (Å²) in [7, 11) is 0. The summed E-state index contributed by atoms with van der Waals surface area (Å²) in [5.41, 5.74) is 0.174. The molecule has 0 aliphatic heterocycles. The highest BCUT2D eigenvalue weighted by Crippen LogP contribution is 2.15. The quantitative estimate of drug-likeness (QED) is 0.908. The molecule has 0 unspecified atom stereocenters. The van der Waals surface area contributed by atoms with E-state index >= 15 is 0 Å². The van der Waals surface area contributed by atoms with Crippen LogP contribution in [0.3, 0.4) is 0 Å². The number of nitrogens with one attached hydrogen (secondary N) is 1. The fraction of sp³-hybridized carbons (Fsp3) is 0.154. The number of furan rings is 1. The number of aryl methyl sites for hydroxylation is 1. The minimum Gasteiger partial charge on any atom is -0.456 e. The second-order valence-corrected chi connectivity index (χ2v) is 3.70. The van der Waals surface area contributed by atoms with Gasteiger partial charge >= 0.3 is 0 Å². The van der Waals surface area contributed by atoms with Crippen LogP contribution in [0.1, 0.15) is 23.2 Å². The van der Waals surface area contributed by atoms with Gasteiger partial charge in [0.15, 0.2) is 17.4 Å². The Bertz CT molecular complexity index is 578. The van der Waals surface area contributed by atoms with E-state index in [1.165, 1.54) is 12.1 Å². The second kappa shape index (κ2) is 5.00. The van der Waals surface area contributed by atoms with E-state index in [0.29, 0.717) is 12.2 Å². The molecule has 2 rings (SSSR count). The van der Waals surface area contributed by atoms with Crippen LogP contribution in [0.4, 0.5) is 14.5 Å². The van der Waals surface area contributed by atoms with Crippen LogP contribution >= 0.6 is 0 Å². The molecule has 18 heavy (non-hydrogen) atoms. The van der Waals surface area contributed by atoms with Crippen LogP contribution in [-0.4, -0.2) is 5.91 Å². The molecule has 0 bridgehead atoms. The van der Waals surface area contributed by atoms with E-state index in [1.54, 1.807) is 6.07 Å². The lowest BCUT2D eigenvalue weighted by Crippen LogP contribution is -2.11. The Labute approximate surface area is 102 Å². The Hall–Kier alpha value is -2.17. The zero-order valence-electron chi connectivity index (χ0n) is 9.67. The van der Waals surface area contributed by atoms with Crippen LogP contribution in [0.15, 0.2) is 34.7 Å². The number of carbonyl (C=O) groups is 1. The molecule has 0 aliphatic carbocycles. The summed E-state index contributed by atoms with van der Waals surface area (Å²) in [5.74, 6) is -1.65. The van der Waals surface area contributed by atoms with Gasteiger partial charge < -0.3 is 9.73 Å². The fourth-order valence-corrected chi connectivity index (χ4v) is 1.46. The third-order valence-electron chi connectivity index (χ3n) is 2.41. The summed E-state index contributed by atoms with van der Waals surface area (Å²) in [4.78, 5) is 11.7. The van der Waals surface area contributed by atoms with Crippen LogP contribution in [0.25, 0.3) is 0 Å². The summed E-state index contributed by atoms with van der Waals surface area (Å²) in [6, 6.07) is 6.37. The van der Waals surface area contributed by atoms with Gasteiger partial charge in [0.2, 0.25) is 0 Å². The number of anilines is 1. The van der Waals surface area contributed by atoms with Crippen molar-refractivity contribution in [1.29, 1.82) is 0 Å². The molecule has 1 N–H and O–H groups in total. The lowest BCUT2D eigenvalue weighted by molar-refractivity contribution is 0.0995. The average molecular weight is 251 g/mol. The Balaban J connectivity index is 2.13. The molecule has 1 aromatic carbocycles. The van der Waals surface area contributed by atoms with Gasteiger partial charge in [-0.25, -0.2) is 8.78 Å². The number of amides is 1. The molecule has 2 aromatic rings. The number of hydrogen-bond acceptors (Lipinski definition) is 2. The highest BCUT2D eigenvalue weighted by molar-refractivity contribution is 6.02. The predicted octanol–water partition coefficient (Wildman–Crippen LogP) is 3.37. The van der Waals surface area contributed by atoms with E-state index in [2.05, 4.69) is 5.32 Å². The largest absolute Gasteiger partial charge is 0.456 e. The SMILES string of the molecule is CCc1ccc(C(=O)Nc2ccc(F)c(F)c2)o1. The number of benzene rings is 1. The number of hydrogen-bond donors (Lipinski definition) is 1. The van der Waals surface area contributed by atoms with Crippen LogP contribution in [-0.2, 0) is 6.42 Å². The van der Waals surface area contributed by atoms with Crippen molar-refractivity contribution in [3.63, 3.8) is 0 Å². The van der Waals surface area contributed by atoms with Gasteiger partial charge in [-0.05, 0) is 24.3 Å². The summed E-state index contributed by atoms with van der Waals surface area (Å²) in [5, 5.41) is 2.42. The van der Waals surface area contributed by atoms with Gasteiger partial charge in [0, 0.05) is 18.2 Å². The zero-order valence-corrected chi connectivity index (χ0v) is 9.67. The van der Waals surface area contributed by atoms with Crippen molar-refractivity contribution in [3.05, 3.63) is 53.5 Å². The molecule has 1 heterocycles. The first-order valence-electron chi connectivity index (χ1n) is 5.45. The lowest BCUT2D eigenvalue weighted by atomic mass is 10.3. The second-order valence-electron chi connectivity index (χ2n) is 3.70. The Morgan fingerprint density at radius 3 is 2.61 bits per heavy atom. The van der Waals surface area contributed by atoms with Crippen LogP contribution in [0, 0.1) is 11.6 Å². The fourth-order valence-electron chi connectivity index (χ4n) is 1.46.